The molecule has 2 N–H and O–H groups in total. The molecular weight excluding hydrogens is 262 g/mol. The molecule has 0 spiro atoms. The smallest absolute Gasteiger partial charge is 0.244 e. The van der Waals surface area contributed by atoms with Crippen LogP contribution >= 0.6 is 0 Å². The lowest BCUT2D eigenvalue weighted by Gasteiger charge is -2.18. The van der Waals surface area contributed by atoms with E-state index in [0.717, 1.165) is 18.4 Å². The topological polar surface area (TPSA) is 74.8 Å². The van der Waals surface area contributed by atoms with Crippen molar-refractivity contribution in [2.45, 2.75) is 23.8 Å². The summed E-state index contributed by atoms with van der Waals surface area (Å²) in [5.41, 5.74) is 1.01. The third kappa shape index (κ3) is 2.69. The first-order chi connectivity index (χ1) is 9.17. The molecule has 1 aliphatic rings. The van der Waals surface area contributed by atoms with Crippen molar-refractivity contribution in [1.29, 1.82) is 0 Å². The summed E-state index contributed by atoms with van der Waals surface area (Å²) in [6.45, 7) is 0. The number of H-pyrrole nitrogens is 1. The molecule has 1 aromatic carbocycles. The molecule has 3 rings (SSSR count). The molecule has 6 heteroatoms. The summed E-state index contributed by atoms with van der Waals surface area (Å²) in [7, 11) is -3.51. The van der Waals surface area contributed by atoms with Gasteiger partial charge in [0.2, 0.25) is 10.0 Å². The first-order valence-electron chi connectivity index (χ1n) is 6.23. The Morgan fingerprint density at radius 1 is 1.26 bits per heavy atom. The Morgan fingerprint density at radius 2 is 2.00 bits per heavy atom. The molecule has 2 aromatic rings. The summed E-state index contributed by atoms with van der Waals surface area (Å²) >= 11 is 0. The van der Waals surface area contributed by atoms with Crippen LogP contribution in [0.2, 0.25) is 0 Å². The zero-order chi connectivity index (χ0) is 13.3. The van der Waals surface area contributed by atoms with Gasteiger partial charge in [-0.15, -0.1) is 0 Å². The van der Waals surface area contributed by atoms with Gasteiger partial charge in [0.15, 0.2) is 0 Å². The molecule has 1 saturated carbocycles. The highest BCUT2D eigenvalue weighted by Crippen LogP contribution is 2.41. The minimum atomic E-state index is -3.51. The maximum atomic E-state index is 12.2. The number of hydrogen-bond acceptors (Lipinski definition) is 3. The molecule has 1 unspecified atom stereocenters. The van der Waals surface area contributed by atoms with Crippen molar-refractivity contribution in [3.63, 3.8) is 0 Å². The molecule has 19 heavy (non-hydrogen) atoms. The second-order valence-electron chi connectivity index (χ2n) is 4.78. The largest absolute Gasteiger partial charge is 0.284 e. The maximum absolute atomic E-state index is 12.2. The molecule has 0 aliphatic heterocycles. The number of nitrogens with zero attached hydrogens (tertiary/aromatic N) is 1. The van der Waals surface area contributed by atoms with Gasteiger partial charge in [0.05, 0.1) is 6.20 Å². The highest BCUT2D eigenvalue weighted by molar-refractivity contribution is 7.89. The normalized spacial score (nSPS) is 17.3. The minimum absolute atomic E-state index is 0.152. The van der Waals surface area contributed by atoms with Crippen molar-refractivity contribution in [3.05, 3.63) is 48.3 Å². The molecule has 1 aliphatic carbocycles. The number of sulfonamides is 1. The summed E-state index contributed by atoms with van der Waals surface area (Å²) in [5.74, 6) is 0.393. The SMILES string of the molecule is O=S(=O)(NC(c1ccccc1)C1CC1)c1cn[nH]c1. The monoisotopic (exact) mass is 277 g/mol. The third-order valence-corrected chi connectivity index (χ3v) is 4.73. The van der Waals surface area contributed by atoms with Crippen LogP contribution in [0.15, 0.2) is 47.6 Å². The summed E-state index contributed by atoms with van der Waals surface area (Å²) < 4.78 is 27.3. The number of nitrogens with one attached hydrogen (secondary N) is 2. The van der Waals surface area contributed by atoms with E-state index in [0.29, 0.717) is 5.92 Å². The van der Waals surface area contributed by atoms with E-state index >= 15 is 0 Å². The van der Waals surface area contributed by atoms with Gasteiger partial charge in [-0.05, 0) is 24.3 Å². The van der Waals surface area contributed by atoms with E-state index in [1.807, 2.05) is 30.3 Å². The maximum Gasteiger partial charge on any atom is 0.244 e. The van der Waals surface area contributed by atoms with Gasteiger partial charge in [-0.2, -0.15) is 5.10 Å². The number of benzene rings is 1. The van der Waals surface area contributed by atoms with Crippen molar-refractivity contribution in [3.8, 4) is 0 Å². The number of aromatic amines is 1. The van der Waals surface area contributed by atoms with Gasteiger partial charge in [-0.1, -0.05) is 30.3 Å². The molecule has 0 bridgehead atoms. The molecular formula is C13H15N3O2S. The standard InChI is InChI=1S/C13H15N3O2S/c17-19(18,12-8-14-15-9-12)16-13(11-6-7-11)10-4-2-1-3-5-10/h1-5,8-9,11,13,16H,6-7H2,(H,14,15). The zero-order valence-corrected chi connectivity index (χ0v) is 11.1. The molecule has 5 nitrogen and oxygen atoms in total. The van der Waals surface area contributed by atoms with E-state index in [4.69, 9.17) is 0 Å². The van der Waals surface area contributed by atoms with Gasteiger partial charge < -0.3 is 0 Å². The first kappa shape index (κ1) is 12.4. The van der Waals surface area contributed by atoms with Gasteiger partial charge >= 0.3 is 0 Å². The lowest BCUT2D eigenvalue weighted by Crippen LogP contribution is -2.29. The molecule has 0 radical (unpaired) electrons. The van der Waals surface area contributed by atoms with Gasteiger partial charge in [0.1, 0.15) is 4.90 Å². The Labute approximate surface area is 112 Å². The zero-order valence-electron chi connectivity index (χ0n) is 10.3. The predicted octanol–water partition coefficient (Wildman–Crippen LogP) is 1.84. The third-order valence-electron chi connectivity index (χ3n) is 3.32. The average Bonchev–Trinajstić information content (AvgIpc) is 3.09. The van der Waals surface area contributed by atoms with Crippen molar-refractivity contribution >= 4 is 10.0 Å². The van der Waals surface area contributed by atoms with E-state index in [9.17, 15) is 8.42 Å². The molecule has 1 heterocycles. The number of hydrogen-bond donors (Lipinski definition) is 2. The lowest BCUT2D eigenvalue weighted by molar-refractivity contribution is 0.529. The van der Waals surface area contributed by atoms with Crippen LogP contribution in [0.25, 0.3) is 0 Å². The quantitative estimate of drug-likeness (QED) is 0.875. The number of rotatable bonds is 5. The van der Waals surface area contributed by atoms with Crippen molar-refractivity contribution in [1.82, 2.24) is 14.9 Å². The summed E-state index contributed by atoms with van der Waals surface area (Å²) in [4.78, 5) is 0.175. The second kappa shape index (κ2) is 4.79. The van der Waals surface area contributed by atoms with Crippen molar-refractivity contribution < 1.29 is 8.42 Å². The van der Waals surface area contributed by atoms with Crippen LogP contribution in [0.4, 0.5) is 0 Å². The molecule has 1 aromatic heterocycles. The van der Waals surface area contributed by atoms with Gasteiger partial charge in [0, 0.05) is 12.2 Å². The highest BCUT2D eigenvalue weighted by atomic mass is 32.2. The summed E-state index contributed by atoms with van der Waals surface area (Å²) in [6, 6.07) is 9.55. The Morgan fingerprint density at radius 3 is 2.58 bits per heavy atom. The Hall–Kier alpha value is -1.66. The van der Waals surface area contributed by atoms with Crippen LogP contribution in [-0.2, 0) is 10.0 Å². The van der Waals surface area contributed by atoms with Crippen LogP contribution < -0.4 is 4.72 Å². The van der Waals surface area contributed by atoms with Crippen molar-refractivity contribution in [2.24, 2.45) is 5.92 Å². The fourth-order valence-electron chi connectivity index (χ4n) is 2.15. The van der Waals surface area contributed by atoms with Crippen LogP contribution in [0.5, 0.6) is 0 Å². The van der Waals surface area contributed by atoms with Crippen molar-refractivity contribution in [2.75, 3.05) is 0 Å². The fourth-order valence-corrected chi connectivity index (χ4v) is 3.35. The van der Waals surface area contributed by atoms with E-state index in [2.05, 4.69) is 14.9 Å². The molecule has 1 atom stereocenters. The van der Waals surface area contributed by atoms with Gasteiger partial charge in [-0.3, -0.25) is 5.10 Å². The minimum Gasteiger partial charge on any atom is -0.284 e. The lowest BCUT2D eigenvalue weighted by atomic mass is 10.0. The Balaban J connectivity index is 1.87. The molecule has 0 saturated heterocycles. The van der Waals surface area contributed by atoms with Gasteiger partial charge in [0.25, 0.3) is 0 Å². The van der Waals surface area contributed by atoms with Crippen LogP contribution in [0, 0.1) is 5.92 Å². The highest BCUT2D eigenvalue weighted by Gasteiger charge is 2.35. The predicted molar refractivity (Wildman–Crippen MR) is 70.8 cm³/mol. The summed E-state index contributed by atoms with van der Waals surface area (Å²) in [5, 5.41) is 6.21. The van der Waals surface area contributed by atoms with E-state index < -0.39 is 10.0 Å². The first-order valence-corrected chi connectivity index (χ1v) is 7.71. The van der Waals surface area contributed by atoms with Crippen LogP contribution in [-0.4, -0.2) is 18.6 Å². The molecule has 0 amide bonds. The Kier molecular flexibility index (Phi) is 3.12. The molecule has 100 valence electrons. The average molecular weight is 277 g/mol. The fraction of sp³-hybridized carbons (Fsp3) is 0.308. The van der Waals surface area contributed by atoms with E-state index in [-0.39, 0.29) is 10.9 Å². The number of aromatic nitrogens is 2. The molecule has 1 fully saturated rings. The summed E-state index contributed by atoms with van der Waals surface area (Å²) in [6.07, 6.45) is 4.83. The Bertz CT molecular complexity index is 634. The van der Waals surface area contributed by atoms with Crippen LogP contribution in [0.1, 0.15) is 24.4 Å². The van der Waals surface area contributed by atoms with E-state index in [1.165, 1.54) is 12.4 Å². The van der Waals surface area contributed by atoms with E-state index in [1.54, 1.807) is 0 Å². The second-order valence-corrected chi connectivity index (χ2v) is 6.50. The van der Waals surface area contributed by atoms with Crippen LogP contribution in [0.3, 0.4) is 0 Å². The van der Waals surface area contributed by atoms with Gasteiger partial charge in [-0.25, -0.2) is 13.1 Å².